The Labute approximate surface area is 162 Å². The van der Waals surface area contributed by atoms with Gasteiger partial charge in [0, 0.05) is 29.3 Å². The van der Waals surface area contributed by atoms with Gasteiger partial charge in [-0.05, 0) is 45.3 Å². The predicted octanol–water partition coefficient (Wildman–Crippen LogP) is 3.94. The first-order chi connectivity index (χ1) is 12.5. The molecule has 0 aliphatic rings. The normalized spacial score (nSPS) is 11.3. The molecule has 2 aromatic heterocycles. The molecule has 0 amide bonds. The molecule has 0 atom stereocenters. The van der Waals surface area contributed by atoms with E-state index in [-0.39, 0.29) is 0 Å². The molecular formula is C18H20Cl2N6. The van der Waals surface area contributed by atoms with Crippen molar-refractivity contribution in [3.8, 4) is 11.1 Å². The van der Waals surface area contributed by atoms with E-state index in [9.17, 15) is 0 Å². The summed E-state index contributed by atoms with van der Waals surface area (Å²) < 4.78 is 0. The van der Waals surface area contributed by atoms with Gasteiger partial charge in [-0.1, -0.05) is 29.3 Å². The van der Waals surface area contributed by atoms with E-state index in [1.807, 2.05) is 20.2 Å². The molecule has 3 rings (SSSR count). The van der Waals surface area contributed by atoms with Crippen molar-refractivity contribution in [1.29, 1.82) is 0 Å². The van der Waals surface area contributed by atoms with Gasteiger partial charge in [-0.15, -0.1) is 0 Å². The van der Waals surface area contributed by atoms with Crippen LogP contribution in [0, 0.1) is 0 Å². The lowest BCUT2D eigenvalue weighted by Gasteiger charge is -2.12. The Morgan fingerprint density at radius 1 is 1.15 bits per heavy atom. The highest BCUT2D eigenvalue weighted by Gasteiger charge is 2.14. The number of rotatable bonds is 6. The minimum Gasteiger partial charge on any atom is -0.383 e. The number of nitrogens with one attached hydrogen (secondary N) is 1. The summed E-state index contributed by atoms with van der Waals surface area (Å²) in [5, 5.41) is 5.01. The Hall–Kier alpha value is -2.15. The van der Waals surface area contributed by atoms with Gasteiger partial charge < -0.3 is 16.0 Å². The maximum absolute atomic E-state index is 6.29. The summed E-state index contributed by atoms with van der Waals surface area (Å²) in [5.41, 5.74) is 8.00. The second-order valence-electron chi connectivity index (χ2n) is 6.21. The summed E-state index contributed by atoms with van der Waals surface area (Å²) in [5.74, 6) is 0.858. The van der Waals surface area contributed by atoms with E-state index < -0.39 is 0 Å². The zero-order chi connectivity index (χ0) is 18.7. The predicted molar refractivity (Wildman–Crippen MR) is 109 cm³/mol. The minimum atomic E-state index is 0.324. The SMILES string of the molecule is CN(C)CCCNc1ncc2cc(-c3c(Cl)cccc3Cl)c(N)nc2n1. The van der Waals surface area contributed by atoms with E-state index in [0.29, 0.717) is 38.6 Å². The largest absolute Gasteiger partial charge is 0.383 e. The summed E-state index contributed by atoms with van der Waals surface area (Å²) in [6, 6.07) is 7.18. The number of anilines is 2. The number of hydrogen-bond donors (Lipinski definition) is 2. The number of nitrogens with zero attached hydrogens (tertiary/aromatic N) is 4. The van der Waals surface area contributed by atoms with Gasteiger partial charge in [0.15, 0.2) is 5.65 Å². The van der Waals surface area contributed by atoms with Crippen LogP contribution in [0.4, 0.5) is 11.8 Å². The van der Waals surface area contributed by atoms with E-state index in [1.165, 1.54) is 0 Å². The minimum absolute atomic E-state index is 0.324. The van der Waals surface area contributed by atoms with Crippen LogP contribution in [0.15, 0.2) is 30.5 Å². The number of pyridine rings is 1. The van der Waals surface area contributed by atoms with Crippen molar-refractivity contribution >= 4 is 46.0 Å². The monoisotopic (exact) mass is 390 g/mol. The van der Waals surface area contributed by atoms with Crippen molar-refractivity contribution in [2.24, 2.45) is 0 Å². The maximum Gasteiger partial charge on any atom is 0.224 e. The number of halogens is 2. The van der Waals surface area contributed by atoms with Crippen LogP contribution in [-0.4, -0.2) is 47.0 Å². The van der Waals surface area contributed by atoms with Gasteiger partial charge in [-0.25, -0.2) is 9.97 Å². The molecule has 26 heavy (non-hydrogen) atoms. The van der Waals surface area contributed by atoms with Gasteiger partial charge in [0.1, 0.15) is 5.82 Å². The van der Waals surface area contributed by atoms with Crippen LogP contribution in [0.3, 0.4) is 0 Å². The second kappa shape index (κ2) is 8.03. The molecule has 0 saturated carbocycles. The van der Waals surface area contributed by atoms with Crippen molar-refractivity contribution in [1.82, 2.24) is 19.9 Å². The third-order valence-corrected chi connectivity index (χ3v) is 4.53. The van der Waals surface area contributed by atoms with E-state index in [0.717, 1.165) is 24.9 Å². The highest BCUT2D eigenvalue weighted by atomic mass is 35.5. The fraction of sp³-hybridized carbons (Fsp3) is 0.278. The molecule has 6 nitrogen and oxygen atoms in total. The fourth-order valence-corrected chi connectivity index (χ4v) is 3.21. The maximum atomic E-state index is 6.29. The number of benzene rings is 1. The summed E-state index contributed by atoms with van der Waals surface area (Å²) in [6.07, 6.45) is 2.71. The molecule has 3 N–H and O–H groups in total. The van der Waals surface area contributed by atoms with Crippen LogP contribution in [0.25, 0.3) is 22.2 Å². The molecule has 8 heteroatoms. The molecule has 2 heterocycles. The van der Waals surface area contributed by atoms with Gasteiger partial charge in [-0.2, -0.15) is 4.98 Å². The van der Waals surface area contributed by atoms with E-state index >= 15 is 0 Å². The lowest BCUT2D eigenvalue weighted by molar-refractivity contribution is 0.405. The van der Waals surface area contributed by atoms with Gasteiger partial charge in [0.2, 0.25) is 5.95 Å². The third-order valence-electron chi connectivity index (χ3n) is 3.90. The van der Waals surface area contributed by atoms with Crippen LogP contribution in [0.1, 0.15) is 6.42 Å². The number of fused-ring (bicyclic) bond motifs is 1. The van der Waals surface area contributed by atoms with Crippen LogP contribution in [0.2, 0.25) is 10.0 Å². The van der Waals surface area contributed by atoms with Gasteiger partial charge >= 0.3 is 0 Å². The fourth-order valence-electron chi connectivity index (χ4n) is 2.61. The molecule has 136 valence electrons. The number of nitrogens with two attached hydrogens (primary N) is 1. The Kier molecular flexibility index (Phi) is 5.76. The molecule has 0 radical (unpaired) electrons. The first kappa shape index (κ1) is 18.6. The summed E-state index contributed by atoms with van der Waals surface area (Å²) in [7, 11) is 4.09. The molecule has 0 aliphatic carbocycles. The zero-order valence-electron chi connectivity index (χ0n) is 14.6. The molecular weight excluding hydrogens is 371 g/mol. The topological polar surface area (TPSA) is 80.0 Å². The van der Waals surface area contributed by atoms with Crippen molar-refractivity contribution in [2.75, 3.05) is 38.2 Å². The van der Waals surface area contributed by atoms with Crippen molar-refractivity contribution < 1.29 is 0 Å². The van der Waals surface area contributed by atoms with Crippen LogP contribution < -0.4 is 11.1 Å². The average molecular weight is 391 g/mol. The smallest absolute Gasteiger partial charge is 0.224 e. The van der Waals surface area contributed by atoms with E-state index in [1.54, 1.807) is 24.4 Å². The number of hydrogen-bond acceptors (Lipinski definition) is 6. The first-order valence-electron chi connectivity index (χ1n) is 8.22. The highest BCUT2D eigenvalue weighted by Crippen LogP contribution is 2.38. The molecule has 1 aromatic carbocycles. The lowest BCUT2D eigenvalue weighted by Crippen LogP contribution is -2.17. The van der Waals surface area contributed by atoms with Crippen molar-refractivity contribution in [2.45, 2.75) is 6.42 Å². The highest BCUT2D eigenvalue weighted by molar-refractivity contribution is 6.39. The van der Waals surface area contributed by atoms with Gasteiger partial charge in [-0.3, -0.25) is 0 Å². The van der Waals surface area contributed by atoms with Gasteiger partial charge in [0.05, 0.1) is 10.0 Å². The Morgan fingerprint density at radius 2 is 1.88 bits per heavy atom. The Morgan fingerprint density at radius 3 is 2.58 bits per heavy atom. The lowest BCUT2D eigenvalue weighted by atomic mass is 10.1. The van der Waals surface area contributed by atoms with Crippen LogP contribution >= 0.6 is 23.2 Å². The van der Waals surface area contributed by atoms with E-state index in [2.05, 4.69) is 25.2 Å². The Balaban J connectivity index is 1.89. The molecule has 0 aliphatic heterocycles. The zero-order valence-corrected chi connectivity index (χ0v) is 16.1. The average Bonchev–Trinajstić information content (AvgIpc) is 2.59. The summed E-state index contributed by atoms with van der Waals surface area (Å²) in [4.78, 5) is 15.3. The standard InChI is InChI=1S/C18H20Cl2N6/c1-26(2)8-4-7-22-18-23-10-11-9-12(16(21)24-17(11)25-18)15-13(19)5-3-6-14(15)20/h3,5-6,9-10H,4,7-8H2,1-2H3,(H3,21,22,23,24,25). The molecule has 0 unspecified atom stereocenters. The molecule has 0 saturated heterocycles. The van der Waals surface area contributed by atoms with Crippen molar-refractivity contribution in [3.63, 3.8) is 0 Å². The Bertz CT molecular complexity index is 909. The van der Waals surface area contributed by atoms with Crippen LogP contribution in [0.5, 0.6) is 0 Å². The number of aromatic nitrogens is 3. The molecule has 0 spiro atoms. The first-order valence-corrected chi connectivity index (χ1v) is 8.97. The third kappa shape index (κ3) is 4.15. The number of nitrogen functional groups attached to an aromatic ring is 1. The summed E-state index contributed by atoms with van der Waals surface area (Å²) in [6.45, 7) is 1.78. The van der Waals surface area contributed by atoms with Gasteiger partial charge in [0.25, 0.3) is 0 Å². The molecule has 0 fully saturated rings. The molecule has 3 aromatic rings. The summed E-state index contributed by atoms with van der Waals surface area (Å²) >= 11 is 12.6. The van der Waals surface area contributed by atoms with Crippen molar-refractivity contribution in [3.05, 3.63) is 40.5 Å². The van der Waals surface area contributed by atoms with E-state index in [4.69, 9.17) is 28.9 Å². The quantitative estimate of drug-likeness (QED) is 0.620. The van der Waals surface area contributed by atoms with Crippen LogP contribution in [-0.2, 0) is 0 Å². The second-order valence-corrected chi connectivity index (χ2v) is 7.02. The molecule has 0 bridgehead atoms.